The third-order valence-corrected chi connectivity index (χ3v) is 3.18. The molecule has 2 aromatic rings. The molecule has 4 nitrogen and oxygen atoms in total. The maximum atomic E-state index is 5.95. The van der Waals surface area contributed by atoms with Crippen molar-refractivity contribution >= 4 is 5.69 Å². The Kier molecular flexibility index (Phi) is 4.02. The molecule has 1 heterocycles. The van der Waals surface area contributed by atoms with Crippen molar-refractivity contribution in [2.45, 2.75) is 12.5 Å². The highest BCUT2D eigenvalue weighted by atomic mass is 16.5. The van der Waals surface area contributed by atoms with E-state index in [1.807, 2.05) is 30.3 Å². The lowest BCUT2D eigenvalue weighted by Gasteiger charge is -2.31. The summed E-state index contributed by atoms with van der Waals surface area (Å²) in [6.45, 7) is 2.57. The van der Waals surface area contributed by atoms with Crippen LogP contribution in [0.25, 0.3) is 0 Å². The first-order valence-electron chi connectivity index (χ1n) is 6.22. The second-order valence-electron chi connectivity index (χ2n) is 4.61. The second kappa shape index (κ2) is 5.71. The topological polar surface area (TPSA) is 60.2 Å². The molecular formula is C15H19N3O. The maximum absolute atomic E-state index is 5.95. The van der Waals surface area contributed by atoms with Gasteiger partial charge in [-0.15, -0.1) is 0 Å². The number of methoxy groups -OCH3 is 1. The van der Waals surface area contributed by atoms with E-state index in [2.05, 4.69) is 29.4 Å². The average molecular weight is 257 g/mol. The quantitative estimate of drug-likeness (QED) is 0.863. The van der Waals surface area contributed by atoms with E-state index < -0.39 is 0 Å². The second-order valence-corrected chi connectivity index (χ2v) is 4.61. The van der Waals surface area contributed by atoms with E-state index in [9.17, 15) is 0 Å². The molecule has 1 unspecified atom stereocenters. The number of pyridine rings is 1. The predicted octanol–water partition coefficient (Wildman–Crippen LogP) is 2.38. The highest BCUT2D eigenvalue weighted by molar-refractivity contribution is 5.49. The molecular weight excluding hydrogens is 238 g/mol. The van der Waals surface area contributed by atoms with Gasteiger partial charge in [0.2, 0.25) is 5.88 Å². The molecule has 2 rings (SSSR count). The van der Waals surface area contributed by atoms with Gasteiger partial charge in [0.25, 0.3) is 0 Å². The molecule has 0 bridgehead atoms. The van der Waals surface area contributed by atoms with Crippen LogP contribution in [0.2, 0.25) is 0 Å². The average Bonchev–Trinajstić information content (AvgIpc) is 2.48. The maximum Gasteiger partial charge on any atom is 0.214 e. The molecule has 3 N–H and O–H groups in total. The number of hydrogen-bond donors (Lipinski definition) is 2. The van der Waals surface area contributed by atoms with Gasteiger partial charge >= 0.3 is 0 Å². The molecule has 1 aromatic heterocycles. The molecule has 19 heavy (non-hydrogen) atoms. The van der Waals surface area contributed by atoms with Crippen LogP contribution in [0.4, 0.5) is 5.69 Å². The molecule has 0 aliphatic carbocycles. The smallest absolute Gasteiger partial charge is 0.214 e. The van der Waals surface area contributed by atoms with Gasteiger partial charge in [-0.1, -0.05) is 30.3 Å². The van der Waals surface area contributed by atoms with Crippen LogP contribution in [0, 0.1) is 0 Å². The van der Waals surface area contributed by atoms with Gasteiger partial charge in [-0.3, -0.25) is 0 Å². The minimum atomic E-state index is -0.326. The Morgan fingerprint density at radius 3 is 2.63 bits per heavy atom. The van der Waals surface area contributed by atoms with Gasteiger partial charge in [0, 0.05) is 24.5 Å². The zero-order valence-corrected chi connectivity index (χ0v) is 11.3. The fourth-order valence-corrected chi connectivity index (χ4v) is 1.96. The summed E-state index contributed by atoms with van der Waals surface area (Å²) in [5.41, 5.74) is 7.70. The Hall–Kier alpha value is -2.07. The van der Waals surface area contributed by atoms with Crippen molar-refractivity contribution in [2.24, 2.45) is 5.73 Å². The lowest BCUT2D eigenvalue weighted by Crippen LogP contribution is -2.39. The third kappa shape index (κ3) is 3.03. The molecule has 1 atom stereocenters. The van der Waals surface area contributed by atoms with Gasteiger partial charge < -0.3 is 15.8 Å². The van der Waals surface area contributed by atoms with E-state index in [0.717, 1.165) is 11.3 Å². The van der Waals surface area contributed by atoms with Crippen LogP contribution in [0.1, 0.15) is 12.5 Å². The molecule has 0 saturated carbocycles. The number of nitrogens with one attached hydrogen (secondary N) is 1. The van der Waals surface area contributed by atoms with Crippen molar-refractivity contribution < 1.29 is 4.74 Å². The first-order chi connectivity index (χ1) is 9.18. The number of rotatable bonds is 5. The van der Waals surface area contributed by atoms with Crippen LogP contribution in [0.3, 0.4) is 0 Å². The van der Waals surface area contributed by atoms with Crippen LogP contribution in [0.15, 0.2) is 48.7 Å². The number of ether oxygens (including phenoxy) is 1. The van der Waals surface area contributed by atoms with Crippen LogP contribution in [-0.4, -0.2) is 18.6 Å². The summed E-state index contributed by atoms with van der Waals surface area (Å²) in [5, 5.41) is 3.45. The van der Waals surface area contributed by atoms with Crippen molar-refractivity contribution in [1.82, 2.24) is 4.98 Å². The number of benzene rings is 1. The SMILES string of the molecule is COc1cc(NC(C)(CN)c2ccccc2)ccn1. The normalized spacial score (nSPS) is 13.6. The standard InChI is InChI=1S/C15H19N3O/c1-15(11-16,12-6-4-3-5-7-12)18-13-8-9-17-14(10-13)19-2/h3-10H,11,16H2,1-2H3,(H,17,18). The summed E-state index contributed by atoms with van der Waals surface area (Å²) in [6, 6.07) is 13.9. The summed E-state index contributed by atoms with van der Waals surface area (Å²) in [5.74, 6) is 0.581. The zero-order valence-electron chi connectivity index (χ0n) is 11.3. The molecule has 100 valence electrons. The molecule has 4 heteroatoms. The van der Waals surface area contributed by atoms with Crippen LogP contribution >= 0.6 is 0 Å². The lowest BCUT2D eigenvalue weighted by molar-refractivity contribution is 0.398. The summed E-state index contributed by atoms with van der Waals surface area (Å²) in [6.07, 6.45) is 1.71. The summed E-state index contributed by atoms with van der Waals surface area (Å²) in [4.78, 5) is 4.09. The number of nitrogens with two attached hydrogens (primary N) is 1. The molecule has 0 saturated heterocycles. The molecule has 0 fully saturated rings. The van der Waals surface area contributed by atoms with Crippen molar-refractivity contribution in [1.29, 1.82) is 0 Å². The highest BCUT2D eigenvalue weighted by Gasteiger charge is 2.24. The number of aromatic nitrogens is 1. The van der Waals surface area contributed by atoms with E-state index in [4.69, 9.17) is 10.5 Å². The number of nitrogens with zero attached hydrogens (tertiary/aromatic N) is 1. The molecule has 0 radical (unpaired) electrons. The Morgan fingerprint density at radius 1 is 1.26 bits per heavy atom. The number of hydrogen-bond acceptors (Lipinski definition) is 4. The minimum absolute atomic E-state index is 0.326. The van der Waals surface area contributed by atoms with E-state index >= 15 is 0 Å². The molecule has 0 spiro atoms. The molecule has 0 aliphatic heterocycles. The Labute approximate surface area is 113 Å². The first-order valence-corrected chi connectivity index (χ1v) is 6.22. The molecule has 1 aromatic carbocycles. The Morgan fingerprint density at radius 2 is 2.00 bits per heavy atom. The Balaban J connectivity index is 2.27. The highest BCUT2D eigenvalue weighted by Crippen LogP contribution is 2.26. The Bertz CT molecular complexity index is 530. The van der Waals surface area contributed by atoms with Crippen molar-refractivity contribution in [3.63, 3.8) is 0 Å². The fourth-order valence-electron chi connectivity index (χ4n) is 1.96. The van der Waals surface area contributed by atoms with Gasteiger partial charge in [0.05, 0.1) is 12.6 Å². The fraction of sp³-hybridized carbons (Fsp3) is 0.267. The lowest BCUT2D eigenvalue weighted by atomic mass is 9.92. The van der Waals surface area contributed by atoms with Crippen LogP contribution in [-0.2, 0) is 5.54 Å². The monoisotopic (exact) mass is 257 g/mol. The van der Waals surface area contributed by atoms with Crippen molar-refractivity contribution in [2.75, 3.05) is 19.0 Å². The molecule has 0 amide bonds. The van der Waals surface area contributed by atoms with E-state index in [-0.39, 0.29) is 5.54 Å². The summed E-state index contributed by atoms with van der Waals surface area (Å²) < 4.78 is 5.13. The van der Waals surface area contributed by atoms with Crippen molar-refractivity contribution in [3.05, 3.63) is 54.2 Å². The van der Waals surface area contributed by atoms with Gasteiger partial charge in [-0.05, 0) is 18.6 Å². The minimum Gasteiger partial charge on any atom is -0.481 e. The zero-order chi connectivity index (χ0) is 13.7. The van der Waals surface area contributed by atoms with E-state index in [1.54, 1.807) is 13.3 Å². The van der Waals surface area contributed by atoms with Gasteiger partial charge in [0.1, 0.15) is 0 Å². The van der Waals surface area contributed by atoms with E-state index in [0.29, 0.717) is 12.4 Å². The van der Waals surface area contributed by atoms with Gasteiger partial charge in [-0.25, -0.2) is 4.98 Å². The summed E-state index contributed by atoms with van der Waals surface area (Å²) >= 11 is 0. The van der Waals surface area contributed by atoms with Gasteiger partial charge in [-0.2, -0.15) is 0 Å². The summed E-state index contributed by atoms with van der Waals surface area (Å²) in [7, 11) is 1.60. The van der Waals surface area contributed by atoms with Crippen LogP contribution < -0.4 is 15.8 Å². The molecule has 0 aliphatic rings. The van der Waals surface area contributed by atoms with Crippen molar-refractivity contribution in [3.8, 4) is 5.88 Å². The third-order valence-electron chi connectivity index (χ3n) is 3.18. The first kappa shape index (κ1) is 13.4. The van der Waals surface area contributed by atoms with Crippen LogP contribution in [0.5, 0.6) is 5.88 Å². The number of anilines is 1. The van der Waals surface area contributed by atoms with E-state index in [1.165, 1.54) is 0 Å². The predicted molar refractivity (Wildman–Crippen MR) is 77.3 cm³/mol. The van der Waals surface area contributed by atoms with Gasteiger partial charge in [0.15, 0.2) is 0 Å². The largest absolute Gasteiger partial charge is 0.481 e.